The maximum atomic E-state index is 13.1. The van der Waals surface area contributed by atoms with E-state index in [1.54, 1.807) is 23.8 Å². The van der Waals surface area contributed by atoms with E-state index in [1.807, 2.05) is 49.6 Å². The van der Waals surface area contributed by atoms with Crippen molar-refractivity contribution in [3.05, 3.63) is 76.2 Å². The first-order valence-corrected chi connectivity index (χ1v) is 12.3. The number of nitrogens with one attached hydrogen (secondary N) is 1. The number of carboxylic acid groups (broad SMARTS) is 1. The van der Waals surface area contributed by atoms with Crippen molar-refractivity contribution in [1.82, 2.24) is 10.3 Å². The fourth-order valence-corrected chi connectivity index (χ4v) is 4.50. The standard InChI is InChI=1S/C24H26N2O4S2.Li.H/c1-16-7-3-4-8-19(16)20-9-5-6-10-21(20)23(27)26-22(24(28)29)11-17(31-2)13-30-14-18-12-25-15-32-18;;/h3-10,12,15,17,22H,11,13-14H2,1-2H3,(H,26,27)(H,28,29);;/q;+1;-1. The number of aliphatic carboxylic acids is 1. The largest absolute Gasteiger partial charge is 1.00 e. The molecule has 2 atom stereocenters. The molecule has 0 saturated heterocycles. The molecule has 0 aliphatic heterocycles. The molecule has 1 heterocycles. The molecule has 1 amide bonds. The zero-order valence-electron chi connectivity index (χ0n) is 20.0. The van der Waals surface area contributed by atoms with Crippen molar-refractivity contribution in [2.75, 3.05) is 12.9 Å². The Morgan fingerprint density at radius 1 is 1.18 bits per heavy atom. The van der Waals surface area contributed by atoms with Gasteiger partial charge in [0.05, 0.1) is 23.6 Å². The molecule has 0 fully saturated rings. The molecule has 170 valence electrons. The molecule has 0 radical (unpaired) electrons. The minimum absolute atomic E-state index is 0. The van der Waals surface area contributed by atoms with Gasteiger partial charge in [0.25, 0.3) is 5.91 Å². The van der Waals surface area contributed by atoms with Crippen molar-refractivity contribution in [2.24, 2.45) is 0 Å². The third-order valence-electron chi connectivity index (χ3n) is 5.07. The summed E-state index contributed by atoms with van der Waals surface area (Å²) < 4.78 is 5.74. The first-order chi connectivity index (χ1) is 15.5. The molecule has 0 saturated carbocycles. The number of carboxylic acids is 1. The number of hydrogen-bond acceptors (Lipinski definition) is 6. The van der Waals surface area contributed by atoms with Gasteiger partial charge in [0, 0.05) is 17.0 Å². The van der Waals surface area contributed by atoms with Crippen molar-refractivity contribution in [2.45, 2.75) is 31.2 Å². The minimum atomic E-state index is -1.06. The van der Waals surface area contributed by atoms with Crippen LogP contribution in [0.2, 0.25) is 0 Å². The summed E-state index contributed by atoms with van der Waals surface area (Å²) in [4.78, 5) is 30.0. The number of benzene rings is 2. The third kappa shape index (κ3) is 7.73. The van der Waals surface area contributed by atoms with Gasteiger partial charge >= 0.3 is 24.8 Å². The summed E-state index contributed by atoms with van der Waals surface area (Å²) in [5.41, 5.74) is 4.97. The molecule has 1 aromatic heterocycles. The van der Waals surface area contributed by atoms with Gasteiger partial charge in [0.15, 0.2) is 0 Å². The zero-order chi connectivity index (χ0) is 22.9. The van der Waals surface area contributed by atoms with Crippen molar-refractivity contribution < 1.29 is 39.7 Å². The van der Waals surface area contributed by atoms with E-state index in [1.165, 1.54) is 23.1 Å². The van der Waals surface area contributed by atoms with Gasteiger partial charge in [-0.05, 0) is 42.4 Å². The average molecular weight is 479 g/mol. The normalized spacial score (nSPS) is 12.4. The number of nitrogens with zero attached hydrogens (tertiary/aromatic N) is 1. The quantitative estimate of drug-likeness (QED) is 0.409. The molecular formula is C24H27LiN2O4S2. The van der Waals surface area contributed by atoms with Crippen molar-refractivity contribution in [3.63, 3.8) is 0 Å². The van der Waals surface area contributed by atoms with Crippen LogP contribution in [-0.2, 0) is 16.1 Å². The Labute approximate surface area is 215 Å². The van der Waals surface area contributed by atoms with E-state index in [2.05, 4.69) is 10.3 Å². The molecule has 3 aromatic rings. The second-order valence-corrected chi connectivity index (χ2v) is 9.41. The van der Waals surface area contributed by atoms with Crippen LogP contribution >= 0.6 is 23.1 Å². The van der Waals surface area contributed by atoms with Crippen LogP contribution in [0.5, 0.6) is 0 Å². The maximum absolute atomic E-state index is 13.1. The van der Waals surface area contributed by atoms with Gasteiger partial charge in [-0.2, -0.15) is 11.8 Å². The third-order valence-corrected chi connectivity index (χ3v) is 6.82. The first kappa shape index (κ1) is 27.2. The number of ether oxygens (including phenoxy) is 1. The van der Waals surface area contributed by atoms with Crippen LogP contribution in [-0.4, -0.2) is 46.1 Å². The monoisotopic (exact) mass is 478 g/mol. The number of thiazole rings is 1. The SMILES string of the molecule is CSC(COCc1cncs1)CC(NC(=O)c1ccccc1-c1ccccc1C)C(=O)O.[H-].[Li+]. The second-order valence-electron chi connectivity index (χ2n) is 7.30. The molecule has 9 heteroatoms. The number of carbonyl (C=O) groups is 2. The molecule has 3 rings (SSSR count). The molecule has 33 heavy (non-hydrogen) atoms. The Morgan fingerprint density at radius 2 is 1.88 bits per heavy atom. The molecule has 6 nitrogen and oxygen atoms in total. The van der Waals surface area contributed by atoms with E-state index in [0.29, 0.717) is 18.8 Å². The number of amides is 1. The molecule has 0 aliphatic rings. The smallest absolute Gasteiger partial charge is 1.00 e. The summed E-state index contributed by atoms with van der Waals surface area (Å²) in [6, 6.07) is 14.1. The van der Waals surface area contributed by atoms with Crippen molar-refractivity contribution >= 4 is 35.0 Å². The summed E-state index contributed by atoms with van der Waals surface area (Å²) in [6.07, 6.45) is 3.93. The Balaban J connectivity index is 0.00000289. The van der Waals surface area contributed by atoms with E-state index in [-0.39, 0.29) is 32.0 Å². The van der Waals surface area contributed by atoms with Gasteiger partial charge in [-0.1, -0.05) is 42.5 Å². The van der Waals surface area contributed by atoms with E-state index in [9.17, 15) is 14.7 Å². The van der Waals surface area contributed by atoms with Gasteiger partial charge < -0.3 is 16.6 Å². The molecular weight excluding hydrogens is 451 g/mol. The van der Waals surface area contributed by atoms with E-state index in [4.69, 9.17) is 4.74 Å². The van der Waals surface area contributed by atoms with Gasteiger partial charge in [-0.15, -0.1) is 11.3 Å². The molecule has 0 aliphatic carbocycles. The Bertz CT molecular complexity index is 1050. The Hall–Kier alpha value is -2.08. The zero-order valence-corrected chi connectivity index (χ0v) is 20.6. The van der Waals surface area contributed by atoms with Gasteiger partial charge in [0.2, 0.25) is 0 Å². The topological polar surface area (TPSA) is 88.5 Å². The first-order valence-electron chi connectivity index (χ1n) is 10.2. The van der Waals surface area contributed by atoms with Crippen LogP contribution in [0.1, 0.15) is 28.6 Å². The van der Waals surface area contributed by atoms with E-state index in [0.717, 1.165) is 21.6 Å². The number of rotatable bonds is 11. The molecule has 0 bridgehead atoms. The number of aromatic nitrogens is 1. The van der Waals surface area contributed by atoms with Crippen LogP contribution in [0, 0.1) is 6.92 Å². The summed E-state index contributed by atoms with van der Waals surface area (Å²) >= 11 is 3.04. The van der Waals surface area contributed by atoms with Crippen LogP contribution in [0.15, 0.2) is 60.2 Å². The number of hydrogen-bond donors (Lipinski definition) is 2. The van der Waals surface area contributed by atoms with Crippen molar-refractivity contribution in [3.8, 4) is 11.1 Å². The molecule has 2 N–H and O–H groups in total. The number of carbonyl (C=O) groups excluding carboxylic acids is 1. The van der Waals surface area contributed by atoms with E-state index < -0.39 is 17.9 Å². The fourth-order valence-electron chi connectivity index (χ4n) is 3.35. The molecule has 0 spiro atoms. The van der Waals surface area contributed by atoms with Crippen molar-refractivity contribution in [1.29, 1.82) is 0 Å². The Kier molecular flexibility index (Phi) is 11.2. The van der Waals surface area contributed by atoms with Crippen LogP contribution in [0.4, 0.5) is 0 Å². The maximum Gasteiger partial charge on any atom is 1.00 e. The van der Waals surface area contributed by atoms with Gasteiger partial charge in [0.1, 0.15) is 6.04 Å². The minimum Gasteiger partial charge on any atom is -1.00 e. The van der Waals surface area contributed by atoms with Crippen LogP contribution in [0.3, 0.4) is 0 Å². The van der Waals surface area contributed by atoms with Gasteiger partial charge in [-0.25, -0.2) is 4.79 Å². The van der Waals surface area contributed by atoms with Crippen LogP contribution < -0.4 is 24.2 Å². The number of thioether (sulfide) groups is 1. The summed E-state index contributed by atoms with van der Waals surface area (Å²) in [7, 11) is 0. The summed E-state index contributed by atoms with van der Waals surface area (Å²) in [5, 5.41) is 12.4. The summed E-state index contributed by atoms with van der Waals surface area (Å²) in [6.45, 7) is 2.81. The second kappa shape index (κ2) is 13.6. The predicted molar refractivity (Wildman–Crippen MR) is 130 cm³/mol. The van der Waals surface area contributed by atoms with E-state index >= 15 is 0 Å². The molecule has 2 aromatic carbocycles. The predicted octanol–water partition coefficient (Wildman–Crippen LogP) is 1.76. The average Bonchev–Trinajstić information content (AvgIpc) is 3.31. The van der Waals surface area contributed by atoms with Gasteiger partial charge in [-0.3, -0.25) is 9.78 Å². The Morgan fingerprint density at radius 3 is 2.52 bits per heavy atom. The number of aryl methyl sites for hydroxylation is 1. The fraction of sp³-hybridized carbons (Fsp3) is 0.292. The molecule has 2 unspecified atom stereocenters. The van der Waals surface area contributed by atoms with Crippen LogP contribution in [0.25, 0.3) is 11.1 Å². The summed E-state index contributed by atoms with van der Waals surface area (Å²) in [5.74, 6) is -1.46.